The number of anilines is 1. The lowest BCUT2D eigenvalue weighted by Crippen LogP contribution is -2.45. The summed E-state index contributed by atoms with van der Waals surface area (Å²) in [5, 5.41) is 11.9. The molecule has 0 radical (unpaired) electrons. The molecule has 0 aliphatic carbocycles. The predicted octanol–water partition coefficient (Wildman–Crippen LogP) is 0.878. The Kier molecular flexibility index (Phi) is 4.31. The van der Waals surface area contributed by atoms with Gasteiger partial charge in [0.05, 0.1) is 31.1 Å². The molecule has 1 unspecified atom stereocenters. The topological polar surface area (TPSA) is 78.3 Å². The van der Waals surface area contributed by atoms with E-state index in [1.807, 2.05) is 19.1 Å². The third kappa shape index (κ3) is 3.20. The maximum atomic E-state index is 12.2. The maximum Gasteiger partial charge on any atom is 0.272 e. The molecule has 19 heavy (non-hydrogen) atoms. The molecule has 1 fully saturated rings. The van der Waals surface area contributed by atoms with E-state index in [-0.39, 0.29) is 5.91 Å². The number of hydrogen-bond acceptors (Lipinski definition) is 5. The smallest absolute Gasteiger partial charge is 0.272 e. The molecule has 6 heteroatoms. The molecule has 2 rings (SSSR count). The van der Waals surface area contributed by atoms with Crippen LogP contribution in [0.2, 0.25) is 0 Å². The standard InChI is InChI=1S/C13H16N4O2/c1-2-15-10-3-4-12(16-8-10)13(18)17-5-6-19-11(7-14)9-17/h3-4,8,11,15H,2,5-6,9H2,1H3. The summed E-state index contributed by atoms with van der Waals surface area (Å²) in [6.07, 6.45) is 1.10. The molecule has 0 spiro atoms. The van der Waals surface area contributed by atoms with E-state index in [2.05, 4.69) is 10.3 Å². The molecule has 100 valence electrons. The minimum Gasteiger partial charge on any atom is -0.384 e. The molecule has 1 aliphatic heterocycles. The number of pyridine rings is 1. The number of nitriles is 1. The number of ether oxygens (including phenoxy) is 1. The monoisotopic (exact) mass is 260 g/mol. The van der Waals surface area contributed by atoms with Gasteiger partial charge < -0.3 is 15.0 Å². The van der Waals surface area contributed by atoms with Crippen LogP contribution in [-0.2, 0) is 4.74 Å². The summed E-state index contributed by atoms with van der Waals surface area (Å²) in [5.74, 6) is -0.161. The van der Waals surface area contributed by atoms with E-state index in [0.717, 1.165) is 12.2 Å². The van der Waals surface area contributed by atoms with E-state index in [0.29, 0.717) is 25.4 Å². The van der Waals surface area contributed by atoms with Crippen molar-refractivity contribution in [2.24, 2.45) is 0 Å². The summed E-state index contributed by atoms with van der Waals surface area (Å²) in [4.78, 5) is 18.0. The van der Waals surface area contributed by atoms with Crippen molar-refractivity contribution in [1.29, 1.82) is 5.26 Å². The van der Waals surface area contributed by atoms with Crippen LogP contribution < -0.4 is 5.32 Å². The maximum absolute atomic E-state index is 12.2. The third-order valence-corrected chi connectivity index (χ3v) is 2.86. The van der Waals surface area contributed by atoms with E-state index < -0.39 is 6.10 Å². The number of aromatic nitrogens is 1. The van der Waals surface area contributed by atoms with Crippen molar-refractivity contribution in [3.05, 3.63) is 24.0 Å². The number of amides is 1. The van der Waals surface area contributed by atoms with Crippen molar-refractivity contribution in [1.82, 2.24) is 9.88 Å². The summed E-state index contributed by atoms with van der Waals surface area (Å²) in [5.41, 5.74) is 1.27. The number of morpholine rings is 1. The molecule has 6 nitrogen and oxygen atoms in total. The Morgan fingerprint density at radius 2 is 2.53 bits per heavy atom. The van der Waals surface area contributed by atoms with Gasteiger partial charge in [-0.1, -0.05) is 0 Å². The first-order valence-corrected chi connectivity index (χ1v) is 6.25. The molecule has 1 aromatic rings. The van der Waals surface area contributed by atoms with Gasteiger partial charge in [0.1, 0.15) is 5.69 Å². The molecule has 0 bridgehead atoms. The first kappa shape index (κ1) is 13.3. The number of nitrogens with one attached hydrogen (secondary N) is 1. The van der Waals surface area contributed by atoms with Gasteiger partial charge in [-0.25, -0.2) is 4.98 Å². The quantitative estimate of drug-likeness (QED) is 0.872. The molecule has 1 atom stereocenters. The Labute approximate surface area is 112 Å². The third-order valence-electron chi connectivity index (χ3n) is 2.86. The highest BCUT2D eigenvalue weighted by Crippen LogP contribution is 2.11. The van der Waals surface area contributed by atoms with Crippen molar-refractivity contribution in [2.45, 2.75) is 13.0 Å². The van der Waals surface area contributed by atoms with Gasteiger partial charge in [0.15, 0.2) is 6.10 Å². The van der Waals surface area contributed by atoms with Gasteiger partial charge >= 0.3 is 0 Å². The number of carbonyl (C=O) groups excluding carboxylic acids is 1. The number of rotatable bonds is 3. The predicted molar refractivity (Wildman–Crippen MR) is 69.7 cm³/mol. The van der Waals surface area contributed by atoms with Crippen molar-refractivity contribution in [3.8, 4) is 6.07 Å². The molecular weight excluding hydrogens is 244 g/mol. The summed E-state index contributed by atoms with van der Waals surface area (Å²) in [7, 11) is 0. The lowest BCUT2D eigenvalue weighted by Gasteiger charge is -2.29. The normalized spacial score (nSPS) is 18.7. The molecule has 0 aromatic carbocycles. The Morgan fingerprint density at radius 3 is 3.16 bits per heavy atom. The molecule has 1 N–H and O–H groups in total. The highest BCUT2D eigenvalue weighted by Gasteiger charge is 2.25. The fourth-order valence-electron chi connectivity index (χ4n) is 1.90. The van der Waals surface area contributed by atoms with Crippen molar-refractivity contribution in [2.75, 3.05) is 31.6 Å². The fourth-order valence-corrected chi connectivity index (χ4v) is 1.90. The van der Waals surface area contributed by atoms with E-state index in [1.165, 1.54) is 0 Å². The Balaban J connectivity index is 2.04. The summed E-state index contributed by atoms with van der Waals surface area (Å²) in [6.45, 7) is 3.98. The van der Waals surface area contributed by atoms with E-state index >= 15 is 0 Å². The molecule has 1 aromatic heterocycles. The first-order valence-electron chi connectivity index (χ1n) is 6.25. The summed E-state index contributed by atoms with van der Waals surface area (Å²) < 4.78 is 5.21. The van der Waals surface area contributed by atoms with Crippen LogP contribution in [0.25, 0.3) is 0 Å². The zero-order chi connectivity index (χ0) is 13.7. The summed E-state index contributed by atoms with van der Waals surface area (Å²) >= 11 is 0. The van der Waals surface area contributed by atoms with Crippen molar-refractivity contribution < 1.29 is 9.53 Å². The minimum atomic E-state index is -0.543. The zero-order valence-corrected chi connectivity index (χ0v) is 10.8. The molecule has 1 saturated heterocycles. The van der Waals surface area contributed by atoms with E-state index in [4.69, 9.17) is 10.00 Å². The van der Waals surface area contributed by atoms with Gasteiger partial charge in [-0.15, -0.1) is 0 Å². The first-order chi connectivity index (χ1) is 9.24. The SMILES string of the molecule is CCNc1ccc(C(=O)N2CCOC(C#N)C2)nc1. The van der Waals surface area contributed by atoms with Gasteiger partial charge in [0, 0.05) is 13.1 Å². The highest BCUT2D eigenvalue weighted by atomic mass is 16.5. The van der Waals surface area contributed by atoms with Crippen LogP contribution in [-0.4, -0.2) is 48.1 Å². The lowest BCUT2D eigenvalue weighted by molar-refractivity contribution is 0.00320. The van der Waals surface area contributed by atoms with Crippen LogP contribution >= 0.6 is 0 Å². The second kappa shape index (κ2) is 6.16. The van der Waals surface area contributed by atoms with Gasteiger partial charge in [0.25, 0.3) is 5.91 Å². The number of nitrogens with zero attached hydrogens (tertiary/aromatic N) is 3. The van der Waals surface area contributed by atoms with Crippen LogP contribution in [0.15, 0.2) is 18.3 Å². The van der Waals surface area contributed by atoms with Crippen LogP contribution in [0.4, 0.5) is 5.69 Å². The van der Waals surface area contributed by atoms with Gasteiger partial charge in [-0.3, -0.25) is 4.79 Å². The highest BCUT2D eigenvalue weighted by molar-refractivity contribution is 5.92. The second-order valence-corrected chi connectivity index (χ2v) is 4.20. The fraction of sp³-hybridized carbons (Fsp3) is 0.462. The largest absolute Gasteiger partial charge is 0.384 e. The van der Waals surface area contributed by atoms with Crippen molar-refractivity contribution in [3.63, 3.8) is 0 Å². The Morgan fingerprint density at radius 1 is 1.68 bits per heavy atom. The number of carbonyl (C=O) groups is 1. The Bertz CT molecular complexity index is 480. The van der Waals surface area contributed by atoms with Crippen LogP contribution in [0.3, 0.4) is 0 Å². The van der Waals surface area contributed by atoms with Crippen LogP contribution in [0.1, 0.15) is 17.4 Å². The van der Waals surface area contributed by atoms with Crippen molar-refractivity contribution >= 4 is 11.6 Å². The molecule has 1 amide bonds. The van der Waals surface area contributed by atoms with Crippen LogP contribution in [0.5, 0.6) is 0 Å². The average Bonchev–Trinajstić information content (AvgIpc) is 2.48. The molecular formula is C13H16N4O2. The lowest BCUT2D eigenvalue weighted by atomic mass is 10.2. The minimum absolute atomic E-state index is 0.161. The molecule has 2 heterocycles. The number of hydrogen-bond donors (Lipinski definition) is 1. The van der Waals surface area contributed by atoms with Gasteiger partial charge in [0.2, 0.25) is 0 Å². The van der Waals surface area contributed by atoms with Gasteiger partial charge in [-0.05, 0) is 19.1 Å². The zero-order valence-electron chi connectivity index (χ0n) is 10.8. The molecule has 0 saturated carbocycles. The summed E-state index contributed by atoms with van der Waals surface area (Å²) in [6, 6.07) is 5.54. The van der Waals surface area contributed by atoms with E-state index in [9.17, 15) is 4.79 Å². The van der Waals surface area contributed by atoms with Crippen LogP contribution in [0, 0.1) is 11.3 Å². The Hall–Kier alpha value is -2.13. The average molecular weight is 260 g/mol. The van der Waals surface area contributed by atoms with Gasteiger partial charge in [-0.2, -0.15) is 5.26 Å². The van der Waals surface area contributed by atoms with E-state index in [1.54, 1.807) is 17.2 Å². The molecule has 1 aliphatic rings. The second-order valence-electron chi connectivity index (χ2n) is 4.20.